The molecule has 1 saturated heterocycles. The molecule has 0 saturated carbocycles. The van der Waals surface area contributed by atoms with Crippen LogP contribution in [0.2, 0.25) is 0 Å². The first-order valence-electron chi connectivity index (χ1n) is 9.35. The van der Waals surface area contributed by atoms with Gasteiger partial charge in [0.15, 0.2) is 0 Å². The van der Waals surface area contributed by atoms with E-state index in [1.807, 2.05) is 0 Å². The van der Waals surface area contributed by atoms with Crippen LogP contribution < -0.4 is 0 Å². The zero-order valence-electron chi connectivity index (χ0n) is 14.9. The number of rotatable bonds is 4. The lowest BCUT2D eigenvalue weighted by atomic mass is 9.95. The Morgan fingerprint density at radius 2 is 1.12 bits per heavy atom. The summed E-state index contributed by atoms with van der Waals surface area (Å²) in [6.07, 6.45) is 5.82. The average Bonchev–Trinajstić information content (AvgIpc) is 2.74. The summed E-state index contributed by atoms with van der Waals surface area (Å²) < 4.78 is 0. The van der Waals surface area contributed by atoms with Crippen molar-refractivity contribution in [2.24, 2.45) is 0 Å². The van der Waals surface area contributed by atoms with Gasteiger partial charge in [-0.2, -0.15) is 0 Å². The van der Waals surface area contributed by atoms with Gasteiger partial charge in [-0.25, -0.2) is 0 Å². The van der Waals surface area contributed by atoms with Crippen molar-refractivity contribution in [1.82, 2.24) is 0 Å². The molecule has 0 nitrogen and oxygen atoms in total. The van der Waals surface area contributed by atoms with E-state index in [9.17, 15) is 0 Å². The third-order valence-electron chi connectivity index (χ3n) is 5.04. The molecule has 0 bridgehead atoms. The Morgan fingerprint density at radius 3 is 1.62 bits per heavy atom. The lowest BCUT2D eigenvalue weighted by molar-refractivity contribution is 0.763. The van der Waals surface area contributed by atoms with Crippen LogP contribution in [-0.2, 0) is 6.42 Å². The monoisotopic (exact) mass is 356 g/mol. The molecule has 0 amide bonds. The van der Waals surface area contributed by atoms with Crippen LogP contribution in [-0.4, -0.2) is 0 Å². The fourth-order valence-corrected chi connectivity index (χ4v) is 5.27. The normalized spacial score (nSPS) is 21.6. The molecule has 3 aromatic carbocycles. The van der Waals surface area contributed by atoms with E-state index in [1.54, 1.807) is 5.57 Å². The van der Waals surface area contributed by atoms with Gasteiger partial charge in [0.1, 0.15) is 0 Å². The first kappa shape index (κ1) is 17.2. The highest BCUT2D eigenvalue weighted by Gasteiger charge is 2.27. The van der Waals surface area contributed by atoms with Crippen molar-refractivity contribution < 1.29 is 0 Å². The topological polar surface area (TPSA) is 0 Å². The minimum absolute atomic E-state index is 0.539. The number of thioether (sulfide) groups is 1. The predicted molar refractivity (Wildman–Crippen MR) is 113 cm³/mol. The number of benzene rings is 3. The Labute approximate surface area is 161 Å². The molecule has 1 heteroatoms. The van der Waals surface area contributed by atoms with Gasteiger partial charge in [0, 0.05) is 10.5 Å². The highest BCUT2D eigenvalue weighted by atomic mass is 32.2. The third-order valence-corrected chi connectivity index (χ3v) is 6.57. The van der Waals surface area contributed by atoms with Crippen LogP contribution in [0.5, 0.6) is 0 Å². The Kier molecular flexibility index (Phi) is 5.56. The first-order valence-corrected chi connectivity index (χ1v) is 10.3. The van der Waals surface area contributed by atoms with E-state index >= 15 is 0 Å². The molecule has 0 unspecified atom stereocenters. The molecular formula is C25H24S. The summed E-state index contributed by atoms with van der Waals surface area (Å²) in [4.78, 5) is 0. The molecule has 0 aromatic heterocycles. The van der Waals surface area contributed by atoms with E-state index in [0.29, 0.717) is 10.5 Å². The largest absolute Gasteiger partial charge is 0.145 e. The second-order valence-corrected chi connectivity index (χ2v) is 8.31. The van der Waals surface area contributed by atoms with Gasteiger partial charge in [-0.3, -0.25) is 0 Å². The highest BCUT2D eigenvalue weighted by Crippen LogP contribution is 2.51. The molecule has 0 N–H and O–H groups in total. The molecule has 26 heavy (non-hydrogen) atoms. The maximum Gasteiger partial charge on any atom is 0.0340 e. The maximum absolute atomic E-state index is 2.47. The van der Waals surface area contributed by atoms with E-state index < -0.39 is 0 Å². The second-order valence-electron chi connectivity index (χ2n) is 6.90. The first-order chi connectivity index (χ1) is 12.9. The molecule has 1 fully saturated rings. The van der Waals surface area contributed by atoms with Gasteiger partial charge in [-0.05, 0) is 36.0 Å². The number of hydrogen-bond acceptors (Lipinski definition) is 1. The molecule has 2 atom stereocenters. The lowest BCUT2D eigenvalue weighted by Crippen LogP contribution is -2.10. The van der Waals surface area contributed by atoms with Crippen molar-refractivity contribution in [1.29, 1.82) is 0 Å². The summed E-state index contributed by atoms with van der Waals surface area (Å²) in [7, 11) is 0. The molecule has 0 spiro atoms. The van der Waals surface area contributed by atoms with Crippen LogP contribution in [0.25, 0.3) is 0 Å². The maximum atomic E-state index is 2.47. The van der Waals surface area contributed by atoms with E-state index in [4.69, 9.17) is 0 Å². The highest BCUT2D eigenvalue weighted by molar-refractivity contribution is 7.99. The fourth-order valence-electron chi connectivity index (χ4n) is 3.63. The van der Waals surface area contributed by atoms with Crippen LogP contribution in [0, 0.1) is 0 Å². The zero-order valence-corrected chi connectivity index (χ0v) is 15.7. The van der Waals surface area contributed by atoms with Crippen LogP contribution in [0.15, 0.2) is 103 Å². The summed E-state index contributed by atoms with van der Waals surface area (Å²) in [5, 5.41) is 1.08. The SMILES string of the molecule is C(Cc1ccccc1)=C1C[C@@H](c2ccccc2)S[C@@H](c2ccccc2)C1. The minimum Gasteiger partial charge on any atom is -0.145 e. The molecule has 3 aromatic rings. The van der Waals surface area contributed by atoms with Gasteiger partial charge in [0.25, 0.3) is 0 Å². The quantitative estimate of drug-likeness (QED) is 0.447. The molecule has 130 valence electrons. The molecule has 4 rings (SSSR count). The van der Waals surface area contributed by atoms with E-state index in [0.717, 1.165) is 19.3 Å². The third kappa shape index (κ3) is 4.28. The average molecular weight is 357 g/mol. The van der Waals surface area contributed by atoms with Gasteiger partial charge in [-0.15, -0.1) is 11.8 Å². The fraction of sp³-hybridized carbons (Fsp3) is 0.200. The van der Waals surface area contributed by atoms with Crippen LogP contribution >= 0.6 is 11.8 Å². The van der Waals surface area contributed by atoms with Gasteiger partial charge in [0.2, 0.25) is 0 Å². The summed E-state index contributed by atoms with van der Waals surface area (Å²) in [6.45, 7) is 0. The summed E-state index contributed by atoms with van der Waals surface area (Å²) in [5.74, 6) is 0. The van der Waals surface area contributed by atoms with Crippen LogP contribution in [0.3, 0.4) is 0 Å². The molecule has 1 aliphatic rings. The van der Waals surface area contributed by atoms with Crippen molar-refractivity contribution in [3.05, 3.63) is 119 Å². The standard InChI is InChI=1S/C25H24S/c1-4-10-20(11-5-1)16-17-21-18-24(22-12-6-2-7-13-22)26-25(19-21)23-14-8-3-9-15-23/h1-15,17,24-25H,16,18-19H2/t24-,25+. The van der Waals surface area contributed by atoms with Gasteiger partial charge in [0.05, 0.1) is 0 Å². The van der Waals surface area contributed by atoms with Crippen molar-refractivity contribution in [2.75, 3.05) is 0 Å². The van der Waals surface area contributed by atoms with E-state index in [2.05, 4.69) is 109 Å². The smallest absolute Gasteiger partial charge is 0.0340 e. The van der Waals surface area contributed by atoms with Gasteiger partial charge in [-0.1, -0.05) is 103 Å². The van der Waals surface area contributed by atoms with Crippen molar-refractivity contribution >= 4 is 11.8 Å². The Bertz CT molecular complexity index is 788. The zero-order chi connectivity index (χ0) is 17.6. The van der Waals surface area contributed by atoms with Crippen molar-refractivity contribution in [3.63, 3.8) is 0 Å². The second kappa shape index (κ2) is 8.42. The molecule has 0 aliphatic carbocycles. The number of hydrogen-bond donors (Lipinski definition) is 0. The molecule has 1 aliphatic heterocycles. The van der Waals surface area contributed by atoms with Crippen LogP contribution in [0.1, 0.15) is 40.0 Å². The van der Waals surface area contributed by atoms with Crippen molar-refractivity contribution in [3.8, 4) is 0 Å². The summed E-state index contributed by atoms with van der Waals surface area (Å²) >= 11 is 2.12. The van der Waals surface area contributed by atoms with E-state index in [1.165, 1.54) is 16.7 Å². The van der Waals surface area contributed by atoms with Gasteiger partial charge >= 0.3 is 0 Å². The summed E-state index contributed by atoms with van der Waals surface area (Å²) in [5.41, 5.74) is 5.88. The van der Waals surface area contributed by atoms with Crippen LogP contribution in [0.4, 0.5) is 0 Å². The van der Waals surface area contributed by atoms with E-state index in [-0.39, 0.29) is 0 Å². The Morgan fingerprint density at radius 1 is 0.654 bits per heavy atom. The number of allylic oxidation sites excluding steroid dienone is 2. The van der Waals surface area contributed by atoms with Gasteiger partial charge < -0.3 is 0 Å². The molecule has 1 heterocycles. The molecule has 0 radical (unpaired) electrons. The predicted octanol–water partition coefficient (Wildman–Crippen LogP) is 7.17. The minimum atomic E-state index is 0.539. The summed E-state index contributed by atoms with van der Waals surface area (Å²) in [6, 6.07) is 32.8. The Hall–Kier alpha value is -2.25. The Balaban J connectivity index is 1.59. The lowest BCUT2D eigenvalue weighted by Gasteiger charge is -2.31. The van der Waals surface area contributed by atoms with Crippen molar-refractivity contribution in [2.45, 2.75) is 29.8 Å². The molecular weight excluding hydrogens is 332 g/mol.